The minimum Gasteiger partial charge on any atom is -0.444 e. The lowest BCUT2D eigenvalue weighted by molar-refractivity contribution is -0.0283. The maximum Gasteiger partial charge on any atom is 0.410 e. The van der Waals surface area contributed by atoms with Crippen LogP contribution in [-0.2, 0) is 15.7 Å². The summed E-state index contributed by atoms with van der Waals surface area (Å²) in [5.74, 6) is 0.514. The van der Waals surface area contributed by atoms with Crippen LogP contribution in [0.5, 0.6) is 0 Å². The second-order valence-corrected chi connectivity index (χ2v) is 7.70. The highest BCUT2D eigenvalue weighted by Gasteiger charge is 2.35. The molecule has 1 heterocycles. The summed E-state index contributed by atoms with van der Waals surface area (Å²) in [4.78, 5) is 13.5. The Morgan fingerprint density at radius 2 is 1.95 bits per heavy atom. The molecule has 20 heavy (non-hydrogen) atoms. The third kappa shape index (κ3) is 5.76. The number of amides is 1. The fourth-order valence-corrected chi connectivity index (χ4v) is 2.56. The SMILES string of the molecule is CCS(=O)NCC1(O)CCN(C(=O)OC(C)(C)C)CC1. The monoisotopic (exact) mass is 306 g/mol. The van der Waals surface area contributed by atoms with E-state index in [0.717, 1.165) is 0 Å². The number of hydrogen-bond acceptors (Lipinski definition) is 4. The third-order valence-corrected chi connectivity index (χ3v) is 4.16. The Hall–Kier alpha value is -0.660. The molecule has 1 fully saturated rings. The number of carbonyl (C=O) groups is 1. The zero-order valence-electron chi connectivity index (χ0n) is 12.8. The van der Waals surface area contributed by atoms with E-state index >= 15 is 0 Å². The number of nitrogens with zero attached hydrogens (tertiary/aromatic N) is 1. The number of carbonyl (C=O) groups excluding carboxylic acids is 1. The number of likely N-dealkylation sites (tertiary alicyclic amines) is 1. The van der Waals surface area contributed by atoms with Gasteiger partial charge in [-0.15, -0.1) is 0 Å². The highest BCUT2D eigenvalue weighted by atomic mass is 32.2. The Kier molecular flexibility index (Phi) is 5.97. The van der Waals surface area contributed by atoms with Crippen LogP contribution >= 0.6 is 0 Å². The molecule has 0 aromatic carbocycles. The van der Waals surface area contributed by atoms with Crippen molar-refractivity contribution in [3.05, 3.63) is 0 Å². The molecule has 0 aliphatic carbocycles. The van der Waals surface area contributed by atoms with Gasteiger partial charge >= 0.3 is 6.09 Å². The molecule has 1 unspecified atom stereocenters. The van der Waals surface area contributed by atoms with Gasteiger partial charge in [0.2, 0.25) is 0 Å². The first-order chi connectivity index (χ1) is 9.15. The average molecular weight is 306 g/mol. The number of nitrogens with one attached hydrogen (secondary N) is 1. The van der Waals surface area contributed by atoms with E-state index in [1.807, 2.05) is 27.7 Å². The predicted molar refractivity (Wildman–Crippen MR) is 78.7 cm³/mol. The predicted octanol–water partition coefficient (Wildman–Crippen LogP) is 1.02. The van der Waals surface area contributed by atoms with Gasteiger partial charge in [-0.3, -0.25) is 0 Å². The van der Waals surface area contributed by atoms with Gasteiger partial charge in [-0.05, 0) is 33.6 Å². The van der Waals surface area contributed by atoms with Gasteiger partial charge in [0, 0.05) is 25.4 Å². The largest absolute Gasteiger partial charge is 0.444 e. The molecule has 0 aromatic rings. The van der Waals surface area contributed by atoms with Gasteiger partial charge in [0.1, 0.15) is 5.60 Å². The van der Waals surface area contributed by atoms with E-state index in [2.05, 4.69) is 4.72 Å². The number of piperidine rings is 1. The lowest BCUT2D eigenvalue weighted by atomic mass is 9.92. The van der Waals surface area contributed by atoms with Crippen LogP contribution in [0.15, 0.2) is 0 Å². The zero-order valence-corrected chi connectivity index (χ0v) is 13.6. The Bertz CT molecular complexity index is 360. The summed E-state index contributed by atoms with van der Waals surface area (Å²) in [6.45, 7) is 8.49. The molecule has 0 radical (unpaired) electrons. The molecule has 0 spiro atoms. The van der Waals surface area contributed by atoms with Gasteiger partial charge in [0.05, 0.1) is 16.6 Å². The molecule has 6 nitrogen and oxygen atoms in total. The van der Waals surface area contributed by atoms with E-state index in [4.69, 9.17) is 4.74 Å². The summed E-state index contributed by atoms with van der Waals surface area (Å²) < 4.78 is 19.4. The third-order valence-electron chi connectivity index (χ3n) is 3.17. The second kappa shape index (κ2) is 6.87. The summed E-state index contributed by atoms with van der Waals surface area (Å²) in [7, 11) is -1.10. The zero-order chi connectivity index (χ0) is 15.4. The van der Waals surface area contributed by atoms with Gasteiger partial charge in [-0.25, -0.2) is 13.7 Å². The first kappa shape index (κ1) is 17.4. The first-order valence-corrected chi connectivity index (χ1v) is 8.29. The molecule has 7 heteroatoms. The van der Waals surface area contributed by atoms with Crippen LogP contribution in [0.4, 0.5) is 4.79 Å². The van der Waals surface area contributed by atoms with Crippen LogP contribution < -0.4 is 4.72 Å². The minimum absolute atomic E-state index is 0.287. The van der Waals surface area contributed by atoms with Crippen molar-refractivity contribution in [1.29, 1.82) is 0 Å². The van der Waals surface area contributed by atoms with Crippen LogP contribution in [0.25, 0.3) is 0 Å². The van der Waals surface area contributed by atoms with Crippen LogP contribution in [0.3, 0.4) is 0 Å². The molecular weight excluding hydrogens is 280 g/mol. The minimum atomic E-state index is -1.10. The Morgan fingerprint density at radius 1 is 1.40 bits per heavy atom. The molecule has 1 amide bonds. The van der Waals surface area contributed by atoms with E-state index < -0.39 is 22.2 Å². The van der Waals surface area contributed by atoms with E-state index in [1.54, 1.807) is 4.90 Å². The summed E-state index contributed by atoms with van der Waals surface area (Å²) in [6, 6.07) is 0. The molecule has 1 aliphatic rings. The normalized spacial score (nSPS) is 20.6. The van der Waals surface area contributed by atoms with Crippen LogP contribution in [0.1, 0.15) is 40.5 Å². The summed E-state index contributed by atoms with van der Waals surface area (Å²) >= 11 is 0. The van der Waals surface area contributed by atoms with E-state index in [9.17, 15) is 14.1 Å². The number of ether oxygens (including phenoxy) is 1. The summed E-state index contributed by atoms with van der Waals surface area (Å²) in [6.07, 6.45) is 0.574. The molecule has 118 valence electrons. The molecular formula is C13H26N2O4S. The lowest BCUT2D eigenvalue weighted by Gasteiger charge is -2.38. The van der Waals surface area contributed by atoms with Gasteiger partial charge in [-0.1, -0.05) is 6.92 Å². The van der Waals surface area contributed by atoms with Crippen molar-refractivity contribution in [3.63, 3.8) is 0 Å². The van der Waals surface area contributed by atoms with Crippen molar-refractivity contribution in [2.45, 2.75) is 51.7 Å². The van der Waals surface area contributed by atoms with Crippen molar-refractivity contribution >= 4 is 17.1 Å². The van der Waals surface area contributed by atoms with Gasteiger partial charge < -0.3 is 14.7 Å². The second-order valence-electron chi connectivity index (χ2n) is 6.15. The van der Waals surface area contributed by atoms with Gasteiger partial charge in [0.15, 0.2) is 0 Å². The van der Waals surface area contributed by atoms with E-state index in [1.165, 1.54) is 0 Å². The van der Waals surface area contributed by atoms with Crippen molar-refractivity contribution in [2.24, 2.45) is 0 Å². The fourth-order valence-electron chi connectivity index (χ4n) is 1.93. The maximum atomic E-state index is 11.9. The van der Waals surface area contributed by atoms with Crippen LogP contribution in [0, 0.1) is 0 Å². The summed E-state index contributed by atoms with van der Waals surface area (Å²) in [5.41, 5.74) is -1.41. The van der Waals surface area contributed by atoms with Crippen molar-refractivity contribution < 1.29 is 18.8 Å². The Labute approximate surface area is 123 Å². The summed E-state index contributed by atoms with van der Waals surface area (Å²) in [5, 5.41) is 10.4. The number of hydrogen-bond donors (Lipinski definition) is 2. The van der Waals surface area contributed by atoms with E-state index in [0.29, 0.717) is 31.7 Å². The number of rotatable bonds is 4. The molecule has 1 saturated heterocycles. The standard InChI is InChI=1S/C13H26N2O4S/c1-5-20(18)14-10-13(17)6-8-15(9-7-13)11(16)19-12(2,3)4/h14,17H,5-10H2,1-4H3. The van der Waals surface area contributed by atoms with Crippen molar-refractivity contribution in [3.8, 4) is 0 Å². The average Bonchev–Trinajstić information content (AvgIpc) is 2.34. The first-order valence-electron chi connectivity index (χ1n) is 6.97. The van der Waals surface area contributed by atoms with Crippen molar-refractivity contribution in [1.82, 2.24) is 9.62 Å². The molecule has 0 saturated carbocycles. The van der Waals surface area contributed by atoms with Crippen LogP contribution in [0.2, 0.25) is 0 Å². The van der Waals surface area contributed by atoms with E-state index in [-0.39, 0.29) is 12.6 Å². The molecule has 0 bridgehead atoms. The molecule has 0 aromatic heterocycles. The smallest absolute Gasteiger partial charge is 0.410 e. The highest BCUT2D eigenvalue weighted by molar-refractivity contribution is 7.82. The molecule has 1 rings (SSSR count). The van der Waals surface area contributed by atoms with Crippen molar-refractivity contribution in [2.75, 3.05) is 25.4 Å². The van der Waals surface area contributed by atoms with Gasteiger partial charge in [-0.2, -0.15) is 0 Å². The number of aliphatic hydroxyl groups is 1. The molecule has 2 N–H and O–H groups in total. The quantitative estimate of drug-likeness (QED) is 0.813. The molecule has 1 aliphatic heterocycles. The van der Waals surface area contributed by atoms with Gasteiger partial charge in [0.25, 0.3) is 0 Å². The highest BCUT2D eigenvalue weighted by Crippen LogP contribution is 2.23. The Morgan fingerprint density at radius 3 is 2.40 bits per heavy atom. The topological polar surface area (TPSA) is 78.9 Å². The lowest BCUT2D eigenvalue weighted by Crippen LogP contribution is -2.52. The molecule has 1 atom stereocenters. The van der Waals surface area contributed by atoms with Crippen LogP contribution in [-0.4, -0.2) is 56.9 Å². The Balaban J connectivity index is 2.42. The maximum absolute atomic E-state index is 11.9. The fraction of sp³-hybridized carbons (Fsp3) is 0.923.